The average Bonchev–Trinajstić information content (AvgIpc) is 2.42. The van der Waals surface area contributed by atoms with Gasteiger partial charge in [-0.1, -0.05) is 0 Å². The van der Waals surface area contributed by atoms with E-state index in [0.29, 0.717) is 31.9 Å². The summed E-state index contributed by atoms with van der Waals surface area (Å²) in [5.41, 5.74) is 0.710. The maximum atomic E-state index is 12.2. The second-order valence-corrected chi connectivity index (χ2v) is 5.24. The van der Waals surface area contributed by atoms with Gasteiger partial charge < -0.3 is 9.47 Å². The number of morpholine rings is 1. The van der Waals surface area contributed by atoms with Gasteiger partial charge in [-0.05, 0) is 41.1 Å². The minimum Gasteiger partial charge on any atom is -0.493 e. The summed E-state index contributed by atoms with van der Waals surface area (Å²) in [6, 6.07) is 5.48. The fraction of sp³-hybridized carbons (Fsp3) is 0.500. The summed E-state index contributed by atoms with van der Waals surface area (Å²) >= 11 is 3.43. The summed E-state index contributed by atoms with van der Waals surface area (Å²) in [5, 5.41) is 0. The van der Waals surface area contributed by atoms with E-state index < -0.39 is 0 Å². The quantitative estimate of drug-likeness (QED) is 0.778. The fourth-order valence-corrected chi connectivity index (χ4v) is 2.49. The van der Waals surface area contributed by atoms with E-state index in [4.69, 9.17) is 9.47 Å². The van der Waals surface area contributed by atoms with Crippen LogP contribution < -0.4 is 4.74 Å². The molecule has 4 nitrogen and oxygen atoms in total. The van der Waals surface area contributed by atoms with Crippen molar-refractivity contribution in [2.45, 2.75) is 6.92 Å². The van der Waals surface area contributed by atoms with Crippen LogP contribution in [0.2, 0.25) is 0 Å². The number of Topliss-reactive ketones (excluding diaryl/α,β-unsaturated/α-hetero) is 1. The van der Waals surface area contributed by atoms with Gasteiger partial charge in [-0.25, -0.2) is 0 Å². The van der Waals surface area contributed by atoms with Crippen LogP contribution in [0.15, 0.2) is 22.7 Å². The van der Waals surface area contributed by atoms with Gasteiger partial charge in [-0.2, -0.15) is 0 Å². The lowest BCUT2D eigenvalue weighted by Gasteiger charge is -2.25. The van der Waals surface area contributed by atoms with Gasteiger partial charge in [-0.3, -0.25) is 9.69 Å². The van der Waals surface area contributed by atoms with Crippen LogP contribution in [0.3, 0.4) is 0 Å². The summed E-state index contributed by atoms with van der Waals surface area (Å²) in [6.07, 6.45) is 0. The number of carbonyl (C=O) groups is 1. The Morgan fingerprint density at radius 2 is 2.16 bits per heavy atom. The smallest absolute Gasteiger partial charge is 0.176 e. The van der Waals surface area contributed by atoms with Gasteiger partial charge in [-0.15, -0.1) is 0 Å². The Morgan fingerprint density at radius 1 is 1.42 bits per heavy atom. The lowest BCUT2D eigenvalue weighted by atomic mass is 10.1. The SMILES string of the molecule is CCOc1ccc(C(=O)CN2CCOCC2)cc1Br. The Kier molecular flexibility index (Phi) is 5.36. The van der Waals surface area contributed by atoms with Gasteiger partial charge in [0.25, 0.3) is 0 Å². The fourth-order valence-electron chi connectivity index (χ4n) is 2.00. The molecule has 1 aliphatic heterocycles. The Hall–Kier alpha value is -0.910. The van der Waals surface area contributed by atoms with Gasteiger partial charge in [0.05, 0.1) is 30.8 Å². The number of ketones is 1. The van der Waals surface area contributed by atoms with Gasteiger partial charge in [0.1, 0.15) is 5.75 Å². The highest BCUT2D eigenvalue weighted by atomic mass is 79.9. The number of ether oxygens (including phenoxy) is 2. The molecule has 0 atom stereocenters. The Morgan fingerprint density at radius 3 is 2.79 bits per heavy atom. The molecule has 1 aromatic rings. The summed E-state index contributed by atoms with van der Waals surface area (Å²) in [6.45, 7) is 6.06. The molecule has 1 heterocycles. The molecule has 1 aromatic carbocycles. The molecule has 0 aliphatic carbocycles. The van der Waals surface area contributed by atoms with E-state index in [9.17, 15) is 4.79 Å². The monoisotopic (exact) mass is 327 g/mol. The number of benzene rings is 1. The highest BCUT2D eigenvalue weighted by Gasteiger charge is 2.16. The second kappa shape index (κ2) is 7.03. The maximum Gasteiger partial charge on any atom is 0.176 e. The molecule has 1 saturated heterocycles. The first kappa shape index (κ1) is 14.5. The lowest BCUT2D eigenvalue weighted by Crippen LogP contribution is -2.39. The van der Waals surface area contributed by atoms with Crippen molar-refractivity contribution in [3.05, 3.63) is 28.2 Å². The summed E-state index contributed by atoms with van der Waals surface area (Å²) in [7, 11) is 0. The largest absolute Gasteiger partial charge is 0.493 e. The van der Waals surface area contributed by atoms with Crippen LogP contribution in [0.5, 0.6) is 5.75 Å². The van der Waals surface area contributed by atoms with E-state index in [-0.39, 0.29) is 5.78 Å². The van der Waals surface area contributed by atoms with Crippen LogP contribution in [-0.2, 0) is 4.74 Å². The number of rotatable bonds is 5. The van der Waals surface area contributed by atoms with Crippen molar-refractivity contribution in [2.24, 2.45) is 0 Å². The third kappa shape index (κ3) is 4.03. The van der Waals surface area contributed by atoms with Crippen LogP contribution in [0.4, 0.5) is 0 Å². The molecule has 0 spiro atoms. The van der Waals surface area contributed by atoms with Crippen molar-refractivity contribution in [3.8, 4) is 5.75 Å². The zero-order chi connectivity index (χ0) is 13.7. The van der Waals surface area contributed by atoms with Crippen LogP contribution in [0.25, 0.3) is 0 Å². The molecule has 19 heavy (non-hydrogen) atoms. The second-order valence-electron chi connectivity index (χ2n) is 4.39. The standard InChI is InChI=1S/C14H18BrNO3/c1-2-19-14-4-3-11(9-12(14)15)13(17)10-16-5-7-18-8-6-16/h3-4,9H,2,5-8,10H2,1H3. The molecule has 0 bridgehead atoms. The van der Waals surface area contributed by atoms with Crippen molar-refractivity contribution in [1.29, 1.82) is 0 Å². The van der Waals surface area contributed by atoms with Gasteiger partial charge in [0.2, 0.25) is 0 Å². The maximum absolute atomic E-state index is 12.2. The molecule has 0 saturated carbocycles. The van der Waals surface area contributed by atoms with Crippen molar-refractivity contribution in [3.63, 3.8) is 0 Å². The summed E-state index contributed by atoms with van der Waals surface area (Å²) in [5.74, 6) is 0.899. The third-order valence-electron chi connectivity index (χ3n) is 3.02. The lowest BCUT2D eigenvalue weighted by molar-refractivity contribution is 0.0371. The third-order valence-corrected chi connectivity index (χ3v) is 3.64. The number of carbonyl (C=O) groups excluding carboxylic acids is 1. The molecule has 0 amide bonds. The van der Waals surface area contributed by atoms with Crippen molar-refractivity contribution in [2.75, 3.05) is 39.5 Å². The molecule has 5 heteroatoms. The normalized spacial score (nSPS) is 16.3. The van der Waals surface area contributed by atoms with E-state index in [0.717, 1.165) is 23.3 Å². The summed E-state index contributed by atoms with van der Waals surface area (Å²) < 4.78 is 11.5. The molecular formula is C14H18BrNO3. The van der Waals surface area contributed by atoms with Crippen LogP contribution in [-0.4, -0.2) is 50.1 Å². The van der Waals surface area contributed by atoms with Crippen LogP contribution in [0, 0.1) is 0 Å². The predicted octanol–water partition coefficient (Wildman–Crippen LogP) is 2.36. The first-order valence-electron chi connectivity index (χ1n) is 6.46. The Balaban J connectivity index is 2.00. The van der Waals surface area contributed by atoms with E-state index in [1.54, 1.807) is 0 Å². The number of hydrogen-bond acceptors (Lipinski definition) is 4. The predicted molar refractivity (Wildman–Crippen MR) is 76.9 cm³/mol. The summed E-state index contributed by atoms with van der Waals surface area (Å²) in [4.78, 5) is 14.3. The van der Waals surface area contributed by atoms with Gasteiger partial charge in [0.15, 0.2) is 5.78 Å². The van der Waals surface area contributed by atoms with Crippen LogP contribution >= 0.6 is 15.9 Å². The molecule has 0 N–H and O–H groups in total. The molecular weight excluding hydrogens is 310 g/mol. The zero-order valence-corrected chi connectivity index (χ0v) is 12.6. The molecule has 104 valence electrons. The van der Waals surface area contributed by atoms with Gasteiger partial charge in [0, 0.05) is 18.7 Å². The minimum absolute atomic E-state index is 0.130. The first-order chi connectivity index (χ1) is 9.20. The minimum atomic E-state index is 0.130. The number of halogens is 1. The van der Waals surface area contributed by atoms with Crippen LogP contribution in [0.1, 0.15) is 17.3 Å². The number of hydrogen-bond donors (Lipinski definition) is 0. The Labute approximate surface area is 121 Å². The molecule has 0 aromatic heterocycles. The van der Waals surface area contributed by atoms with E-state index >= 15 is 0 Å². The molecule has 0 unspecified atom stereocenters. The van der Waals surface area contributed by atoms with Gasteiger partial charge >= 0.3 is 0 Å². The molecule has 1 aliphatic rings. The zero-order valence-electron chi connectivity index (χ0n) is 11.0. The number of nitrogens with zero attached hydrogens (tertiary/aromatic N) is 1. The van der Waals surface area contributed by atoms with Crippen molar-refractivity contribution in [1.82, 2.24) is 4.90 Å². The van der Waals surface area contributed by atoms with Crippen molar-refractivity contribution >= 4 is 21.7 Å². The molecule has 0 radical (unpaired) electrons. The topological polar surface area (TPSA) is 38.8 Å². The highest BCUT2D eigenvalue weighted by Crippen LogP contribution is 2.26. The van der Waals surface area contributed by atoms with Crippen molar-refractivity contribution < 1.29 is 14.3 Å². The van der Waals surface area contributed by atoms with E-state index in [2.05, 4.69) is 20.8 Å². The van der Waals surface area contributed by atoms with E-state index in [1.165, 1.54) is 0 Å². The first-order valence-corrected chi connectivity index (χ1v) is 7.25. The Bertz CT molecular complexity index is 444. The molecule has 1 fully saturated rings. The van der Waals surface area contributed by atoms with E-state index in [1.807, 2.05) is 25.1 Å². The molecule has 2 rings (SSSR count). The highest BCUT2D eigenvalue weighted by molar-refractivity contribution is 9.10. The average molecular weight is 328 g/mol.